The Morgan fingerprint density at radius 1 is 1.64 bits per heavy atom. The van der Waals surface area contributed by atoms with Crippen LogP contribution in [0.15, 0.2) is 17.5 Å². The highest BCUT2D eigenvalue weighted by molar-refractivity contribution is 7.10. The molecule has 0 aliphatic heterocycles. The van der Waals surface area contributed by atoms with Gasteiger partial charge >= 0.3 is 5.97 Å². The zero-order valence-electron chi connectivity index (χ0n) is 7.69. The van der Waals surface area contributed by atoms with Gasteiger partial charge in [0.1, 0.15) is 0 Å². The van der Waals surface area contributed by atoms with Crippen LogP contribution in [0.1, 0.15) is 17.2 Å². The molecular weight excluding hydrogens is 202 g/mol. The van der Waals surface area contributed by atoms with E-state index in [-0.39, 0.29) is 12.3 Å². The van der Waals surface area contributed by atoms with Gasteiger partial charge in [0.05, 0.1) is 5.92 Å². The molecule has 2 N–H and O–H groups in total. The number of carbonyl (C=O) groups excluding carboxylic acids is 1. The summed E-state index contributed by atoms with van der Waals surface area (Å²) < 4.78 is 0. The molecule has 1 amide bonds. The van der Waals surface area contributed by atoms with Crippen molar-refractivity contribution in [2.45, 2.75) is 12.3 Å². The van der Waals surface area contributed by atoms with Crippen LogP contribution in [0, 0.1) is 0 Å². The highest BCUT2D eigenvalue weighted by Gasteiger charge is 2.23. The summed E-state index contributed by atoms with van der Waals surface area (Å²) >= 11 is 1.35. The first-order valence-corrected chi connectivity index (χ1v) is 5.00. The van der Waals surface area contributed by atoms with Gasteiger partial charge in [0.25, 0.3) is 0 Å². The predicted molar refractivity (Wildman–Crippen MR) is 53.4 cm³/mol. The van der Waals surface area contributed by atoms with Gasteiger partial charge in [-0.15, -0.1) is 11.3 Å². The van der Waals surface area contributed by atoms with Crippen LogP contribution in [-0.2, 0) is 9.59 Å². The van der Waals surface area contributed by atoms with Gasteiger partial charge in [-0.05, 0) is 11.4 Å². The van der Waals surface area contributed by atoms with E-state index >= 15 is 0 Å². The normalized spacial score (nSPS) is 12.1. The van der Waals surface area contributed by atoms with Crippen LogP contribution in [0.5, 0.6) is 0 Å². The van der Waals surface area contributed by atoms with E-state index < -0.39 is 11.9 Å². The monoisotopic (exact) mass is 213 g/mol. The van der Waals surface area contributed by atoms with Crippen LogP contribution >= 0.6 is 11.3 Å². The van der Waals surface area contributed by atoms with Crippen LogP contribution in [0.2, 0.25) is 0 Å². The van der Waals surface area contributed by atoms with Crippen molar-refractivity contribution in [3.05, 3.63) is 22.4 Å². The molecule has 0 saturated heterocycles. The first kappa shape index (κ1) is 10.7. The van der Waals surface area contributed by atoms with E-state index in [2.05, 4.69) is 5.32 Å². The summed E-state index contributed by atoms with van der Waals surface area (Å²) in [6, 6.07) is 3.51. The second-order valence-corrected chi connectivity index (χ2v) is 3.76. The third-order valence-electron chi connectivity index (χ3n) is 1.85. The van der Waals surface area contributed by atoms with Gasteiger partial charge in [-0.25, -0.2) is 0 Å². The SMILES string of the molecule is CNC(=O)CC(C(=O)O)c1cccs1. The van der Waals surface area contributed by atoms with Crippen molar-refractivity contribution in [2.24, 2.45) is 0 Å². The van der Waals surface area contributed by atoms with Crippen molar-refractivity contribution in [1.82, 2.24) is 5.32 Å². The van der Waals surface area contributed by atoms with Gasteiger partial charge in [0.15, 0.2) is 0 Å². The molecule has 1 aromatic heterocycles. The first-order valence-electron chi connectivity index (χ1n) is 4.12. The molecule has 0 radical (unpaired) electrons. The molecule has 0 aliphatic carbocycles. The van der Waals surface area contributed by atoms with Crippen molar-refractivity contribution in [2.75, 3.05) is 7.05 Å². The van der Waals surface area contributed by atoms with E-state index in [4.69, 9.17) is 5.11 Å². The average Bonchev–Trinajstić information content (AvgIpc) is 2.65. The van der Waals surface area contributed by atoms with E-state index in [1.165, 1.54) is 18.4 Å². The minimum Gasteiger partial charge on any atom is -0.481 e. The molecular formula is C9H11NO3S. The van der Waals surface area contributed by atoms with Crippen LogP contribution in [-0.4, -0.2) is 24.0 Å². The van der Waals surface area contributed by atoms with Gasteiger partial charge in [-0.3, -0.25) is 9.59 Å². The van der Waals surface area contributed by atoms with E-state index in [1.807, 2.05) is 0 Å². The number of carboxylic acids is 1. The van der Waals surface area contributed by atoms with Crippen molar-refractivity contribution >= 4 is 23.2 Å². The Balaban J connectivity index is 2.76. The molecule has 4 nitrogen and oxygen atoms in total. The predicted octanol–water partition coefficient (Wildman–Crippen LogP) is 1.05. The van der Waals surface area contributed by atoms with Crippen molar-refractivity contribution in [3.8, 4) is 0 Å². The van der Waals surface area contributed by atoms with Crippen molar-refractivity contribution in [1.29, 1.82) is 0 Å². The molecule has 0 spiro atoms. The van der Waals surface area contributed by atoms with Gasteiger partial charge in [0, 0.05) is 18.3 Å². The van der Waals surface area contributed by atoms with Crippen molar-refractivity contribution < 1.29 is 14.7 Å². The van der Waals surface area contributed by atoms with Crippen LogP contribution < -0.4 is 5.32 Å². The average molecular weight is 213 g/mol. The Kier molecular flexibility index (Phi) is 3.64. The molecule has 0 aromatic carbocycles. The summed E-state index contributed by atoms with van der Waals surface area (Å²) in [5.41, 5.74) is 0. The Labute approximate surface area is 85.6 Å². The Morgan fingerprint density at radius 3 is 2.79 bits per heavy atom. The molecule has 0 fully saturated rings. The second kappa shape index (κ2) is 4.76. The number of carboxylic acid groups (broad SMARTS) is 1. The smallest absolute Gasteiger partial charge is 0.312 e. The fourth-order valence-electron chi connectivity index (χ4n) is 1.09. The first-order chi connectivity index (χ1) is 6.65. The number of rotatable bonds is 4. The number of thiophene rings is 1. The van der Waals surface area contributed by atoms with Crippen LogP contribution in [0.25, 0.3) is 0 Å². The molecule has 76 valence electrons. The minimum atomic E-state index is -0.962. The maximum atomic E-state index is 11.1. The zero-order valence-corrected chi connectivity index (χ0v) is 8.50. The second-order valence-electron chi connectivity index (χ2n) is 2.78. The van der Waals surface area contributed by atoms with Gasteiger partial charge in [-0.1, -0.05) is 6.07 Å². The molecule has 0 saturated carbocycles. The number of carbonyl (C=O) groups is 2. The summed E-state index contributed by atoms with van der Waals surface area (Å²) in [5.74, 6) is -1.95. The summed E-state index contributed by atoms with van der Waals surface area (Å²) in [6.07, 6.45) is -0.00759. The molecule has 1 heterocycles. The van der Waals surface area contributed by atoms with E-state index in [0.29, 0.717) is 4.88 Å². The van der Waals surface area contributed by atoms with Crippen LogP contribution in [0.3, 0.4) is 0 Å². The van der Waals surface area contributed by atoms with Gasteiger partial charge in [-0.2, -0.15) is 0 Å². The quantitative estimate of drug-likeness (QED) is 0.785. The number of nitrogens with one attached hydrogen (secondary N) is 1. The molecule has 5 heteroatoms. The zero-order chi connectivity index (χ0) is 10.6. The lowest BCUT2D eigenvalue weighted by Crippen LogP contribution is -2.23. The molecule has 1 rings (SSSR count). The number of hydrogen-bond acceptors (Lipinski definition) is 3. The van der Waals surface area contributed by atoms with Gasteiger partial charge in [0.2, 0.25) is 5.91 Å². The number of hydrogen-bond donors (Lipinski definition) is 2. The molecule has 14 heavy (non-hydrogen) atoms. The Morgan fingerprint density at radius 2 is 2.36 bits per heavy atom. The molecule has 1 aromatic rings. The maximum absolute atomic E-state index is 11.1. The fraction of sp³-hybridized carbons (Fsp3) is 0.333. The number of amides is 1. The third-order valence-corrected chi connectivity index (χ3v) is 2.84. The standard InChI is InChI=1S/C9H11NO3S/c1-10-8(11)5-6(9(12)13)7-3-2-4-14-7/h2-4,6H,5H2,1H3,(H,10,11)(H,12,13). The lowest BCUT2D eigenvalue weighted by atomic mass is 10.0. The third kappa shape index (κ3) is 2.56. The van der Waals surface area contributed by atoms with Crippen LogP contribution in [0.4, 0.5) is 0 Å². The lowest BCUT2D eigenvalue weighted by Gasteiger charge is -2.08. The minimum absolute atomic E-state index is 0.00759. The van der Waals surface area contributed by atoms with Crippen molar-refractivity contribution in [3.63, 3.8) is 0 Å². The summed E-state index contributed by atoms with van der Waals surface area (Å²) in [5, 5.41) is 13.1. The molecule has 0 aliphatic rings. The maximum Gasteiger partial charge on any atom is 0.312 e. The van der Waals surface area contributed by atoms with E-state index in [0.717, 1.165) is 0 Å². The topological polar surface area (TPSA) is 66.4 Å². The van der Waals surface area contributed by atoms with E-state index in [9.17, 15) is 9.59 Å². The highest BCUT2D eigenvalue weighted by atomic mass is 32.1. The molecule has 0 bridgehead atoms. The number of aliphatic carboxylic acids is 1. The Bertz CT molecular complexity index is 321. The molecule has 1 unspecified atom stereocenters. The fourth-order valence-corrected chi connectivity index (χ4v) is 1.91. The summed E-state index contributed by atoms with van der Waals surface area (Å²) in [7, 11) is 1.50. The van der Waals surface area contributed by atoms with E-state index in [1.54, 1.807) is 17.5 Å². The van der Waals surface area contributed by atoms with Gasteiger partial charge < -0.3 is 10.4 Å². The molecule has 1 atom stereocenters. The largest absolute Gasteiger partial charge is 0.481 e. The summed E-state index contributed by atoms with van der Waals surface area (Å²) in [4.78, 5) is 22.6. The highest BCUT2D eigenvalue weighted by Crippen LogP contribution is 2.24. The Hall–Kier alpha value is -1.36. The lowest BCUT2D eigenvalue weighted by molar-refractivity contribution is -0.140. The summed E-state index contributed by atoms with van der Waals surface area (Å²) in [6.45, 7) is 0.